The quantitative estimate of drug-likeness (QED) is 0.794. The van der Waals surface area contributed by atoms with Gasteiger partial charge in [0.05, 0.1) is 17.8 Å². The van der Waals surface area contributed by atoms with Gasteiger partial charge < -0.3 is 15.5 Å². The summed E-state index contributed by atoms with van der Waals surface area (Å²) in [6.45, 7) is 2.57. The van der Waals surface area contributed by atoms with Gasteiger partial charge in [-0.3, -0.25) is 0 Å². The van der Waals surface area contributed by atoms with Gasteiger partial charge in [0.1, 0.15) is 5.82 Å². The molecule has 1 aliphatic rings. The van der Waals surface area contributed by atoms with Crippen LogP contribution in [-0.2, 0) is 16.9 Å². The van der Waals surface area contributed by atoms with Crippen molar-refractivity contribution >= 4 is 0 Å². The smallest absolute Gasteiger partial charge is 0.126 e. The molecule has 1 heterocycles. The standard InChI is InChI=1S/C11H19N3O/c1-8-9(7-15-2)14-10(13-8)11(12)5-3-4-6-11/h3-7,12H2,1-2H3,(H,13,14). The summed E-state index contributed by atoms with van der Waals surface area (Å²) in [6.07, 6.45) is 4.48. The number of ether oxygens (including phenoxy) is 1. The van der Waals surface area contributed by atoms with E-state index in [4.69, 9.17) is 10.5 Å². The third-order valence-electron chi connectivity index (χ3n) is 3.23. The maximum Gasteiger partial charge on any atom is 0.126 e. The van der Waals surface area contributed by atoms with Crippen LogP contribution >= 0.6 is 0 Å². The second-order valence-electron chi connectivity index (χ2n) is 4.45. The first-order valence-electron chi connectivity index (χ1n) is 5.49. The Morgan fingerprint density at radius 2 is 2.13 bits per heavy atom. The number of aryl methyl sites for hydroxylation is 1. The van der Waals surface area contributed by atoms with E-state index in [2.05, 4.69) is 9.97 Å². The van der Waals surface area contributed by atoms with Gasteiger partial charge in [-0.15, -0.1) is 0 Å². The van der Waals surface area contributed by atoms with Crippen molar-refractivity contribution < 1.29 is 4.74 Å². The van der Waals surface area contributed by atoms with Crippen LogP contribution < -0.4 is 5.73 Å². The van der Waals surface area contributed by atoms with Crippen molar-refractivity contribution in [3.8, 4) is 0 Å². The number of H-pyrrole nitrogens is 1. The first-order valence-corrected chi connectivity index (χ1v) is 5.49. The summed E-state index contributed by atoms with van der Waals surface area (Å²) < 4.78 is 5.09. The van der Waals surface area contributed by atoms with Crippen LogP contribution in [0.2, 0.25) is 0 Å². The molecule has 0 radical (unpaired) electrons. The molecule has 0 bridgehead atoms. The predicted octanol–water partition coefficient (Wildman–Crippen LogP) is 1.59. The second kappa shape index (κ2) is 3.94. The Kier molecular flexibility index (Phi) is 2.80. The minimum atomic E-state index is -0.225. The molecular formula is C11H19N3O. The van der Waals surface area contributed by atoms with Gasteiger partial charge in [-0.05, 0) is 19.8 Å². The molecule has 4 nitrogen and oxygen atoms in total. The second-order valence-corrected chi connectivity index (χ2v) is 4.45. The first kappa shape index (κ1) is 10.6. The van der Waals surface area contributed by atoms with Gasteiger partial charge in [0.15, 0.2) is 0 Å². The Bertz CT molecular complexity index is 340. The highest BCUT2D eigenvalue weighted by Gasteiger charge is 2.34. The Labute approximate surface area is 90.2 Å². The molecule has 1 aromatic heterocycles. The molecule has 0 saturated heterocycles. The fraction of sp³-hybridized carbons (Fsp3) is 0.727. The van der Waals surface area contributed by atoms with Crippen molar-refractivity contribution in [2.24, 2.45) is 5.73 Å². The lowest BCUT2D eigenvalue weighted by atomic mass is 9.99. The van der Waals surface area contributed by atoms with Crippen LogP contribution in [0.15, 0.2) is 0 Å². The highest BCUT2D eigenvalue weighted by atomic mass is 16.5. The lowest BCUT2D eigenvalue weighted by Gasteiger charge is -2.20. The third kappa shape index (κ3) is 1.92. The topological polar surface area (TPSA) is 63.9 Å². The predicted molar refractivity (Wildman–Crippen MR) is 58.4 cm³/mol. The Morgan fingerprint density at radius 1 is 1.47 bits per heavy atom. The van der Waals surface area contributed by atoms with Crippen LogP contribution in [0, 0.1) is 6.92 Å². The number of hydrogen-bond acceptors (Lipinski definition) is 3. The normalized spacial score (nSPS) is 19.7. The molecular weight excluding hydrogens is 190 g/mol. The largest absolute Gasteiger partial charge is 0.378 e. The average Bonchev–Trinajstić information content (AvgIpc) is 2.76. The minimum Gasteiger partial charge on any atom is -0.378 e. The van der Waals surface area contributed by atoms with Gasteiger partial charge in [0, 0.05) is 12.8 Å². The molecule has 1 fully saturated rings. The van der Waals surface area contributed by atoms with E-state index in [1.165, 1.54) is 12.8 Å². The zero-order valence-corrected chi connectivity index (χ0v) is 9.47. The summed E-state index contributed by atoms with van der Waals surface area (Å²) in [6, 6.07) is 0. The molecule has 0 spiro atoms. The zero-order valence-electron chi connectivity index (χ0n) is 9.47. The highest BCUT2D eigenvalue weighted by Crippen LogP contribution is 2.35. The molecule has 1 aliphatic carbocycles. The molecule has 1 aromatic rings. The number of nitrogens with one attached hydrogen (secondary N) is 1. The van der Waals surface area contributed by atoms with Crippen molar-refractivity contribution in [2.45, 2.75) is 44.8 Å². The Morgan fingerprint density at radius 3 is 2.73 bits per heavy atom. The van der Waals surface area contributed by atoms with E-state index >= 15 is 0 Å². The van der Waals surface area contributed by atoms with Gasteiger partial charge in [-0.2, -0.15) is 0 Å². The van der Waals surface area contributed by atoms with E-state index in [9.17, 15) is 0 Å². The van der Waals surface area contributed by atoms with E-state index in [1.807, 2.05) is 6.92 Å². The Hall–Kier alpha value is -0.870. The van der Waals surface area contributed by atoms with Crippen LogP contribution in [0.25, 0.3) is 0 Å². The summed E-state index contributed by atoms with van der Waals surface area (Å²) in [5, 5.41) is 0. The molecule has 2 rings (SSSR count). The SMILES string of the molecule is COCc1nc(C2(N)CCCC2)[nH]c1C. The van der Waals surface area contributed by atoms with Gasteiger partial charge >= 0.3 is 0 Å². The number of hydrogen-bond donors (Lipinski definition) is 2. The lowest BCUT2D eigenvalue weighted by molar-refractivity contribution is 0.181. The van der Waals surface area contributed by atoms with Gasteiger partial charge in [0.2, 0.25) is 0 Å². The number of rotatable bonds is 3. The molecule has 1 saturated carbocycles. The molecule has 84 valence electrons. The summed E-state index contributed by atoms with van der Waals surface area (Å²) in [5.41, 5.74) is 8.15. The highest BCUT2D eigenvalue weighted by molar-refractivity contribution is 5.18. The monoisotopic (exact) mass is 209 g/mol. The molecule has 0 unspecified atom stereocenters. The van der Waals surface area contributed by atoms with Crippen molar-refractivity contribution in [1.29, 1.82) is 0 Å². The summed E-state index contributed by atoms with van der Waals surface area (Å²) in [5.74, 6) is 0.935. The molecule has 0 amide bonds. The zero-order chi connectivity index (χ0) is 10.9. The number of aromatic amines is 1. The third-order valence-corrected chi connectivity index (χ3v) is 3.23. The van der Waals surface area contributed by atoms with Crippen LogP contribution in [0.3, 0.4) is 0 Å². The number of imidazole rings is 1. The van der Waals surface area contributed by atoms with E-state index in [0.29, 0.717) is 6.61 Å². The lowest BCUT2D eigenvalue weighted by Crippen LogP contribution is -2.34. The maximum atomic E-state index is 6.32. The molecule has 3 N–H and O–H groups in total. The molecule has 0 aromatic carbocycles. The Balaban J connectivity index is 2.25. The maximum absolute atomic E-state index is 6.32. The number of nitrogens with zero attached hydrogens (tertiary/aromatic N) is 1. The van der Waals surface area contributed by atoms with Crippen molar-refractivity contribution in [2.75, 3.05) is 7.11 Å². The van der Waals surface area contributed by atoms with Crippen LogP contribution in [0.1, 0.15) is 42.9 Å². The van der Waals surface area contributed by atoms with Gasteiger partial charge in [-0.1, -0.05) is 12.8 Å². The summed E-state index contributed by atoms with van der Waals surface area (Å²) in [4.78, 5) is 7.84. The van der Waals surface area contributed by atoms with E-state index in [0.717, 1.165) is 30.1 Å². The fourth-order valence-electron chi connectivity index (χ4n) is 2.25. The van der Waals surface area contributed by atoms with Gasteiger partial charge in [-0.25, -0.2) is 4.98 Å². The van der Waals surface area contributed by atoms with Crippen molar-refractivity contribution in [3.05, 3.63) is 17.2 Å². The average molecular weight is 209 g/mol. The minimum absolute atomic E-state index is 0.225. The molecule has 0 aliphatic heterocycles. The van der Waals surface area contributed by atoms with E-state index < -0.39 is 0 Å². The van der Waals surface area contributed by atoms with Crippen LogP contribution in [-0.4, -0.2) is 17.1 Å². The van der Waals surface area contributed by atoms with Crippen LogP contribution in [0.5, 0.6) is 0 Å². The van der Waals surface area contributed by atoms with Crippen molar-refractivity contribution in [3.63, 3.8) is 0 Å². The molecule has 4 heteroatoms. The number of nitrogens with two attached hydrogens (primary N) is 1. The number of aromatic nitrogens is 2. The molecule has 15 heavy (non-hydrogen) atoms. The van der Waals surface area contributed by atoms with Crippen LogP contribution in [0.4, 0.5) is 0 Å². The number of methoxy groups -OCH3 is 1. The fourth-order valence-corrected chi connectivity index (χ4v) is 2.25. The summed E-state index contributed by atoms with van der Waals surface area (Å²) >= 11 is 0. The van der Waals surface area contributed by atoms with Gasteiger partial charge in [0.25, 0.3) is 0 Å². The molecule has 0 atom stereocenters. The first-order chi connectivity index (χ1) is 7.15. The van der Waals surface area contributed by atoms with Crippen molar-refractivity contribution in [1.82, 2.24) is 9.97 Å². The van der Waals surface area contributed by atoms with E-state index in [1.54, 1.807) is 7.11 Å². The summed E-state index contributed by atoms with van der Waals surface area (Å²) in [7, 11) is 1.68. The van der Waals surface area contributed by atoms with E-state index in [-0.39, 0.29) is 5.54 Å².